The molecule has 20 heavy (non-hydrogen) atoms. The van der Waals surface area contributed by atoms with Gasteiger partial charge < -0.3 is 5.73 Å². The maximum Gasteiger partial charge on any atom is 0.265 e. The molecule has 106 valence electrons. The van der Waals surface area contributed by atoms with Gasteiger partial charge in [-0.15, -0.1) is 0 Å². The van der Waals surface area contributed by atoms with Crippen LogP contribution in [0.1, 0.15) is 5.69 Å². The highest BCUT2D eigenvalue weighted by Gasteiger charge is 2.24. The Morgan fingerprint density at radius 3 is 2.50 bits per heavy atom. The Labute approximate surface area is 116 Å². The van der Waals surface area contributed by atoms with Crippen molar-refractivity contribution < 1.29 is 12.8 Å². The first-order chi connectivity index (χ1) is 9.46. The lowest BCUT2D eigenvalue weighted by molar-refractivity contribution is 0.592. The predicted molar refractivity (Wildman–Crippen MR) is 74.1 cm³/mol. The van der Waals surface area contributed by atoms with Crippen LogP contribution in [0.3, 0.4) is 0 Å². The minimum absolute atomic E-state index is 0.0205. The van der Waals surface area contributed by atoms with Crippen LogP contribution in [0, 0.1) is 5.82 Å². The Hall–Kier alpha value is -1.99. The number of halogens is 1. The summed E-state index contributed by atoms with van der Waals surface area (Å²) in [5.74, 6) is -0.427. The number of rotatable bonds is 4. The van der Waals surface area contributed by atoms with Crippen molar-refractivity contribution in [2.24, 2.45) is 5.73 Å². The minimum atomic E-state index is -3.78. The van der Waals surface area contributed by atoms with E-state index in [-0.39, 0.29) is 11.4 Å². The second-order valence-electron chi connectivity index (χ2n) is 4.10. The van der Waals surface area contributed by atoms with Gasteiger partial charge in [0.25, 0.3) is 10.0 Å². The number of anilines is 1. The lowest BCUT2D eigenvalue weighted by Crippen LogP contribution is -2.28. The van der Waals surface area contributed by atoms with E-state index < -0.39 is 15.8 Å². The second kappa shape index (κ2) is 5.56. The maximum absolute atomic E-state index is 12.9. The van der Waals surface area contributed by atoms with Crippen LogP contribution in [0.2, 0.25) is 0 Å². The molecule has 0 amide bonds. The monoisotopic (exact) mass is 295 g/mol. The predicted octanol–water partition coefficient (Wildman–Crippen LogP) is 1.50. The average molecular weight is 295 g/mol. The van der Waals surface area contributed by atoms with Crippen LogP contribution in [-0.4, -0.2) is 20.4 Å². The van der Waals surface area contributed by atoms with Crippen LogP contribution >= 0.6 is 0 Å². The topological polar surface area (TPSA) is 76.3 Å². The summed E-state index contributed by atoms with van der Waals surface area (Å²) in [7, 11) is -2.38. The molecule has 0 fully saturated rings. The molecule has 0 unspecified atom stereocenters. The standard InChI is InChI=1S/C13H14FN3O2S/c1-17(11-6-4-10(14)5-7-11)20(18,19)13-3-2-8-16-12(13)9-15/h2-8H,9,15H2,1H3. The Balaban J connectivity index is 2.46. The molecule has 0 saturated heterocycles. The van der Waals surface area contributed by atoms with Crippen molar-refractivity contribution in [3.63, 3.8) is 0 Å². The third-order valence-corrected chi connectivity index (χ3v) is 4.73. The van der Waals surface area contributed by atoms with E-state index in [0.29, 0.717) is 11.4 Å². The molecule has 1 heterocycles. The quantitative estimate of drug-likeness (QED) is 0.927. The van der Waals surface area contributed by atoms with E-state index >= 15 is 0 Å². The van der Waals surface area contributed by atoms with Gasteiger partial charge in [-0.25, -0.2) is 12.8 Å². The first-order valence-corrected chi connectivity index (χ1v) is 7.29. The van der Waals surface area contributed by atoms with Crippen LogP contribution < -0.4 is 10.0 Å². The number of pyridine rings is 1. The normalized spacial score (nSPS) is 11.3. The molecule has 2 N–H and O–H groups in total. The number of sulfonamides is 1. The van der Waals surface area contributed by atoms with Crippen LogP contribution in [0.4, 0.5) is 10.1 Å². The zero-order valence-electron chi connectivity index (χ0n) is 10.8. The molecule has 0 saturated carbocycles. The van der Waals surface area contributed by atoms with E-state index in [1.165, 1.54) is 49.6 Å². The highest BCUT2D eigenvalue weighted by atomic mass is 32.2. The van der Waals surface area contributed by atoms with E-state index in [1.54, 1.807) is 0 Å². The van der Waals surface area contributed by atoms with Crippen LogP contribution in [0.25, 0.3) is 0 Å². The summed E-state index contributed by atoms with van der Waals surface area (Å²) >= 11 is 0. The van der Waals surface area contributed by atoms with Crippen molar-refractivity contribution in [1.82, 2.24) is 4.98 Å². The highest BCUT2D eigenvalue weighted by molar-refractivity contribution is 7.92. The van der Waals surface area contributed by atoms with E-state index in [4.69, 9.17) is 5.73 Å². The number of benzene rings is 1. The fraction of sp³-hybridized carbons (Fsp3) is 0.154. The molecule has 2 aromatic rings. The second-order valence-corrected chi connectivity index (χ2v) is 6.04. The Kier molecular flexibility index (Phi) is 4.01. The van der Waals surface area contributed by atoms with E-state index in [9.17, 15) is 12.8 Å². The minimum Gasteiger partial charge on any atom is -0.325 e. The first-order valence-electron chi connectivity index (χ1n) is 5.85. The highest BCUT2D eigenvalue weighted by Crippen LogP contribution is 2.23. The van der Waals surface area contributed by atoms with Crippen LogP contribution in [0.15, 0.2) is 47.5 Å². The zero-order valence-corrected chi connectivity index (χ0v) is 11.6. The smallest absolute Gasteiger partial charge is 0.265 e. The van der Waals surface area contributed by atoms with E-state index in [0.717, 1.165) is 4.31 Å². The van der Waals surface area contributed by atoms with Crippen molar-refractivity contribution in [2.45, 2.75) is 11.4 Å². The first kappa shape index (κ1) is 14.4. The fourth-order valence-corrected chi connectivity index (χ4v) is 3.13. The summed E-state index contributed by atoms with van der Waals surface area (Å²) in [6.45, 7) is 0.0205. The number of nitrogens with zero attached hydrogens (tertiary/aromatic N) is 2. The SMILES string of the molecule is CN(c1ccc(F)cc1)S(=O)(=O)c1cccnc1CN. The van der Waals surface area contributed by atoms with Crippen molar-refractivity contribution in [2.75, 3.05) is 11.4 Å². The summed E-state index contributed by atoms with van der Waals surface area (Å²) in [6, 6.07) is 8.18. The summed E-state index contributed by atoms with van der Waals surface area (Å²) in [4.78, 5) is 4.01. The number of hydrogen-bond acceptors (Lipinski definition) is 4. The molecule has 0 aliphatic carbocycles. The molecule has 0 radical (unpaired) electrons. The third-order valence-electron chi connectivity index (χ3n) is 2.87. The lowest BCUT2D eigenvalue weighted by atomic mass is 10.3. The van der Waals surface area contributed by atoms with Crippen LogP contribution in [0.5, 0.6) is 0 Å². The maximum atomic E-state index is 12.9. The summed E-state index contributed by atoms with van der Waals surface area (Å²) in [6.07, 6.45) is 1.49. The Bertz CT molecular complexity index is 702. The zero-order chi connectivity index (χ0) is 14.8. The van der Waals surface area contributed by atoms with Crippen LogP contribution in [-0.2, 0) is 16.6 Å². The van der Waals surface area contributed by atoms with Gasteiger partial charge in [0, 0.05) is 19.8 Å². The van der Waals surface area contributed by atoms with Gasteiger partial charge in [0.15, 0.2) is 0 Å². The van der Waals surface area contributed by atoms with Gasteiger partial charge in [-0.3, -0.25) is 9.29 Å². The average Bonchev–Trinajstić information content (AvgIpc) is 2.47. The summed E-state index contributed by atoms with van der Waals surface area (Å²) in [5.41, 5.74) is 6.16. The molecule has 2 rings (SSSR count). The van der Waals surface area contributed by atoms with Gasteiger partial charge in [0.1, 0.15) is 10.7 Å². The molecule has 7 heteroatoms. The molecule has 0 aliphatic heterocycles. The van der Waals surface area contributed by atoms with Gasteiger partial charge in [0.2, 0.25) is 0 Å². The third kappa shape index (κ3) is 2.63. The number of aromatic nitrogens is 1. The lowest BCUT2D eigenvalue weighted by Gasteiger charge is -2.20. The largest absolute Gasteiger partial charge is 0.325 e. The molecule has 1 aromatic carbocycles. The fourth-order valence-electron chi connectivity index (χ4n) is 1.75. The van der Waals surface area contributed by atoms with Gasteiger partial charge in [-0.05, 0) is 36.4 Å². The van der Waals surface area contributed by atoms with Gasteiger partial charge in [-0.2, -0.15) is 0 Å². The molecule has 0 bridgehead atoms. The molecule has 0 atom stereocenters. The molecule has 0 aliphatic rings. The summed E-state index contributed by atoms with van der Waals surface area (Å²) < 4.78 is 39.0. The summed E-state index contributed by atoms with van der Waals surface area (Å²) in [5, 5.41) is 0. The molecule has 0 spiro atoms. The van der Waals surface area contributed by atoms with Gasteiger partial charge in [0.05, 0.1) is 11.4 Å². The van der Waals surface area contributed by atoms with Gasteiger partial charge in [-0.1, -0.05) is 0 Å². The molecular formula is C13H14FN3O2S. The van der Waals surface area contributed by atoms with E-state index in [1.807, 2.05) is 0 Å². The van der Waals surface area contributed by atoms with E-state index in [2.05, 4.69) is 4.98 Å². The van der Waals surface area contributed by atoms with Gasteiger partial charge >= 0.3 is 0 Å². The Morgan fingerprint density at radius 2 is 1.90 bits per heavy atom. The number of hydrogen-bond donors (Lipinski definition) is 1. The molecule has 5 nitrogen and oxygen atoms in total. The molecular weight excluding hydrogens is 281 g/mol. The Morgan fingerprint density at radius 1 is 1.25 bits per heavy atom. The number of nitrogens with two attached hydrogens (primary N) is 1. The van der Waals surface area contributed by atoms with Crippen molar-refractivity contribution >= 4 is 15.7 Å². The molecule has 1 aromatic heterocycles. The van der Waals surface area contributed by atoms with Crippen molar-refractivity contribution in [3.05, 3.63) is 54.1 Å². The van der Waals surface area contributed by atoms with Crippen molar-refractivity contribution in [3.8, 4) is 0 Å². The van der Waals surface area contributed by atoms with Crippen molar-refractivity contribution in [1.29, 1.82) is 0 Å².